The molecule has 0 aromatic heterocycles. The number of anilines is 1. The highest BCUT2D eigenvalue weighted by Crippen LogP contribution is 2.42. The minimum Gasteiger partial charge on any atom is -0.406 e. The number of fused-ring (bicyclic) bond motifs is 1. The zero-order valence-electron chi connectivity index (χ0n) is 19.2. The molecule has 0 spiro atoms. The summed E-state index contributed by atoms with van der Waals surface area (Å²) in [6.07, 6.45) is 0.236. The zero-order chi connectivity index (χ0) is 25.0. The Hall–Kier alpha value is -3.73. The third-order valence-electron chi connectivity index (χ3n) is 6.08. The number of nitriles is 1. The van der Waals surface area contributed by atoms with Gasteiger partial charge in [-0.25, -0.2) is 0 Å². The van der Waals surface area contributed by atoms with E-state index in [0.29, 0.717) is 24.9 Å². The first-order chi connectivity index (χ1) is 16.1. The number of carbonyl (C=O) groups excluding carboxylic acids is 1. The number of carbonyl (C=O) groups is 1. The van der Waals surface area contributed by atoms with Crippen molar-refractivity contribution in [2.75, 3.05) is 25.5 Å². The van der Waals surface area contributed by atoms with Crippen molar-refractivity contribution in [2.45, 2.75) is 31.7 Å². The number of rotatable bonds is 7. The van der Waals surface area contributed by atoms with E-state index in [2.05, 4.69) is 24.0 Å². The Morgan fingerprint density at radius 3 is 2.56 bits per heavy atom. The normalized spacial score (nSPS) is 15.2. The summed E-state index contributed by atoms with van der Waals surface area (Å²) in [7, 11) is 3.57. The van der Waals surface area contributed by atoms with Crippen LogP contribution in [0.25, 0.3) is 11.1 Å². The molecule has 0 fully saturated rings. The van der Waals surface area contributed by atoms with Gasteiger partial charge >= 0.3 is 6.36 Å². The highest BCUT2D eigenvalue weighted by molar-refractivity contribution is 5.87. The average Bonchev–Trinajstić information content (AvgIpc) is 2.81. The highest BCUT2D eigenvalue weighted by Gasteiger charge is 2.31. The van der Waals surface area contributed by atoms with Crippen molar-refractivity contribution in [1.82, 2.24) is 4.90 Å². The van der Waals surface area contributed by atoms with E-state index in [0.717, 1.165) is 34.4 Å². The Morgan fingerprint density at radius 1 is 1.32 bits per heavy atom. The van der Waals surface area contributed by atoms with E-state index in [9.17, 15) is 23.2 Å². The molecule has 1 aliphatic rings. The lowest BCUT2D eigenvalue weighted by Gasteiger charge is -2.37. The second-order valence-corrected chi connectivity index (χ2v) is 8.14. The van der Waals surface area contributed by atoms with Crippen LogP contribution in [0.3, 0.4) is 0 Å². The molecule has 8 heteroatoms. The second kappa shape index (κ2) is 10.0. The van der Waals surface area contributed by atoms with Gasteiger partial charge in [0.05, 0.1) is 11.3 Å². The fourth-order valence-electron chi connectivity index (χ4n) is 4.30. The highest BCUT2D eigenvalue weighted by atomic mass is 19.4. The lowest BCUT2D eigenvalue weighted by molar-refractivity contribution is -0.274. The van der Waals surface area contributed by atoms with Crippen molar-refractivity contribution < 1.29 is 22.7 Å². The van der Waals surface area contributed by atoms with Crippen molar-refractivity contribution in [3.05, 3.63) is 72.3 Å². The summed E-state index contributed by atoms with van der Waals surface area (Å²) >= 11 is 0. The summed E-state index contributed by atoms with van der Waals surface area (Å²) in [6, 6.07) is 10.0. The van der Waals surface area contributed by atoms with Gasteiger partial charge in [-0.05, 0) is 65.8 Å². The van der Waals surface area contributed by atoms with Gasteiger partial charge in [0.1, 0.15) is 11.8 Å². The van der Waals surface area contributed by atoms with E-state index < -0.39 is 6.36 Å². The van der Waals surface area contributed by atoms with Crippen LogP contribution in [0.4, 0.5) is 18.9 Å². The van der Waals surface area contributed by atoms with Gasteiger partial charge in [0.25, 0.3) is 0 Å². The van der Waals surface area contributed by atoms with E-state index in [4.69, 9.17) is 0 Å². The van der Waals surface area contributed by atoms with E-state index in [-0.39, 0.29) is 17.7 Å². The average molecular weight is 470 g/mol. The maximum absolute atomic E-state index is 12.6. The van der Waals surface area contributed by atoms with Gasteiger partial charge in [0.2, 0.25) is 5.91 Å². The van der Waals surface area contributed by atoms with Gasteiger partial charge in [-0.3, -0.25) is 4.79 Å². The lowest BCUT2D eigenvalue weighted by Crippen LogP contribution is -2.36. The largest absolute Gasteiger partial charge is 0.573 e. The van der Waals surface area contributed by atoms with Crippen molar-refractivity contribution in [2.24, 2.45) is 0 Å². The molecule has 34 heavy (non-hydrogen) atoms. The number of likely N-dealkylation sites (N-methyl/N-ethyl adjacent to an activating group) is 2. The number of nitrogens with zero attached hydrogens (tertiary/aromatic N) is 3. The molecule has 0 saturated heterocycles. The molecule has 0 bridgehead atoms. The topological polar surface area (TPSA) is 56.6 Å². The molecule has 3 rings (SSSR count). The lowest BCUT2D eigenvalue weighted by atomic mass is 9.84. The molecule has 0 aliphatic carbocycles. The van der Waals surface area contributed by atoms with Gasteiger partial charge in [-0.2, -0.15) is 5.26 Å². The Bertz CT molecular complexity index is 1130. The van der Waals surface area contributed by atoms with E-state index in [1.165, 1.54) is 23.1 Å². The predicted octanol–water partition coefficient (Wildman–Crippen LogP) is 5.25. The molecule has 178 valence electrons. The Morgan fingerprint density at radius 2 is 2.00 bits per heavy atom. The van der Waals surface area contributed by atoms with Crippen LogP contribution in [-0.2, 0) is 17.6 Å². The maximum atomic E-state index is 12.6. The number of benzene rings is 2. The fourth-order valence-corrected chi connectivity index (χ4v) is 4.30. The number of halogens is 3. The van der Waals surface area contributed by atoms with E-state index in [1.54, 1.807) is 19.2 Å². The van der Waals surface area contributed by atoms with Crippen LogP contribution in [0.5, 0.6) is 5.75 Å². The fraction of sp³-hybridized carbons (Fsp3) is 0.308. The summed E-state index contributed by atoms with van der Waals surface area (Å²) in [6.45, 7) is 7.79. The summed E-state index contributed by atoms with van der Waals surface area (Å²) in [5, 5.41) is 10.1. The van der Waals surface area contributed by atoms with Crippen molar-refractivity contribution in [3.63, 3.8) is 0 Å². The summed E-state index contributed by atoms with van der Waals surface area (Å²) < 4.78 is 41.7. The standard InChI is InChI=1S/C26H26F3N3O2/c1-5-19-9-12-21-22(17-7-10-20(11-8-17)34-26(27,28)29)15-18(13-14-31(3)24(33)6-2)23(16-30)25(21)32(19)4/h5-8,10-11,15,19H,1-2,9,12-14H2,3-4H3. The minimum absolute atomic E-state index is 0.0512. The minimum atomic E-state index is -4.76. The molecule has 1 aliphatic heterocycles. The number of hydrogen-bond acceptors (Lipinski definition) is 4. The molecule has 1 unspecified atom stereocenters. The van der Waals surface area contributed by atoms with Crippen LogP contribution in [0.2, 0.25) is 0 Å². The smallest absolute Gasteiger partial charge is 0.406 e. The van der Waals surface area contributed by atoms with Crippen molar-refractivity contribution in [1.29, 1.82) is 5.26 Å². The van der Waals surface area contributed by atoms with Gasteiger partial charge < -0.3 is 14.5 Å². The molecule has 0 radical (unpaired) electrons. The first-order valence-electron chi connectivity index (χ1n) is 10.8. The monoisotopic (exact) mass is 469 g/mol. The summed E-state index contributed by atoms with van der Waals surface area (Å²) in [5.74, 6) is -0.520. The van der Waals surface area contributed by atoms with Crippen LogP contribution in [0.1, 0.15) is 23.1 Å². The molecule has 2 aromatic carbocycles. The Labute approximate surface area is 197 Å². The van der Waals surface area contributed by atoms with E-state index >= 15 is 0 Å². The first kappa shape index (κ1) is 24.9. The third-order valence-corrected chi connectivity index (χ3v) is 6.08. The molecule has 5 nitrogen and oxygen atoms in total. The number of alkyl halides is 3. The zero-order valence-corrected chi connectivity index (χ0v) is 19.2. The van der Waals surface area contributed by atoms with Gasteiger partial charge in [0, 0.05) is 26.7 Å². The maximum Gasteiger partial charge on any atom is 0.573 e. The van der Waals surface area contributed by atoms with Crippen LogP contribution in [-0.4, -0.2) is 43.9 Å². The van der Waals surface area contributed by atoms with Crippen molar-refractivity contribution in [3.8, 4) is 22.9 Å². The molecule has 0 saturated carbocycles. The van der Waals surface area contributed by atoms with Crippen LogP contribution < -0.4 is 9.64 Å². The SMILES string of the molecule is C=CC(=O)N(C)CCc1cc(-c2ccc(OC(F)(F)F)cc2)c2c(c1C#N)N(C)C(C=C)CC2. The Balaban J connectivity index is 2.11. The third kappa shape index (κ3) is 5.25. The van der Waals surface area contributed by atoms with Gasteiger partial charge in [-0.15, -0.1) is 19.8 Å². The van der Waals surface area contributed by atoms with Crippen LogP contribution in [0.15, 0.2) is 55.6 Å². The predicted molar refractivity (Wildman–Crippen MR) is 126 cm³/mol. The number of ether oxygens (including phenoxy) is 1. The van der Waals surface area contributed by atoms with Crippen molar-refractivity contribution >= 4 is 11.6 Å². The van der Waals surface area contributed by atoms with Gasteiger partial charge in [0.15, 0.2) is 0 Å². The molecular weight excluding hydrogens is 443 g/mol. The van der Waals surface area contributed by atoms with Crippen LogP contribution >= 0.6 is 0 Å². The Kier molecular flexibility index (Phi) is 7.35. The summed E-state index contributed by atoms with van der Waals surface area (Å²) in [5.41, 5.74) is 4.60. The summed E-state index contributed by atoms with van der Waals surface area (Å²) in [4.78, 5) is 15.5. The molecule has 1 atom stereocenters. The van der Waals surface area contributed by atoms with Crippen LogP contribution in [0, 0.1) is 11.3 Å². The quantitative estimate of drug-likeness (QED) is 0.411. The second-order valence-electron chi connectivity index (χ2n) is 8.14. The molecule has 1 heterocycles. The number of amides is 1. The molecule has 0 N–H and O–H groups in total. The van der Waals surface area contributed by atoms with Gasteiger partial charge in [-0.1, -0.05) is 24.8 Å². The molecule has 2 aromatic rings. The van der Waals surface area contributed by atoms with E-state index in [1.807, 2.05) is 24.1 Å². The number of hydrogen-bond donors (Lipinski definition) is 0. The first-order valence-corrected chi connectivity index (χ1v) is 10.8. The molecular formula is C26H26F3N3O2. The molecule has 1 amide bonds.